The quantitative estimate of drug-likeness (QED) is 0.433. The Morgan fingerprint density at radius 2 is 1.93 bits per heavy atom. The molecular formula is C20H28N6O2S. The van der Waals surface area contributed by atoms with Gasteiger partial charge < -0.3 is 15.1 Å². The van der Waals surface area contributed by atoms with Crippen molar-refractivity contribution in [1.29, 1.82) is 0 Å². The largest absolute Gasteiger partial charge is 0.486 e. The first kappa shape index (κ1) is 21.2. The zero-order valence-corrected chi connectivity index (χ0v) is 18.4. The average Bonchev–Trinajstić information content (AvgIpc) is 3.28. The molecule has 156 valence electrons. The number of nitrogens with zero attached hydrogens (tertiary/aromatic N) is 5. The fourth-order valence-electron chi connectivity index (χ4n) is 2.65. The van der Waals surface area contributed by atoms with E-state index in [1.165, 1.54) is 22.0 Å². The molecule has 2 N–H and O–H groups in total. The van der Waals surface area contributed by atoms with Gasteiger partial charge in [0.05, 0.1) is 5.25 Å². The SMILES string of the molecule is CCCc1noc([C@@H](C)Sc2nnc(COc3ccc(C(C)(C)C)cc3)n2N)n1. The third-order valence-electron chi connectivity index (χ3n) is 4.41. The molecule has 8 nitrogen and oxygen atoms in total. The lowest BCUT2D eigenvalue weighted by molar-refractivity contribution is 0.291. The Kier molecular flexibility index (Phi) is 6.46. The molecule has 0 aliphatic rings. The molecule has 0 saturated carbocycles. The first-order valence-corrected chi connectivity index (χ1v) is 10.6. The van der Waals surface area contributed by atoms with Crippen molar-refractivity contribution in [2.45, 2.75) is 69.9 Å². The molecule has 0 amide bonds. The summed E-state index contributed by atoms with van der Waals surface area (Å²) in [7, 11) is 0. The summed E-state index contributed by atoms with van der Waals surface area (Å²) >= 11 is 1.41. The van der Waals surface area contributed by atoms with E-state index in [2.05, 4.69) is 60.2 Å². The lowest BCUT2D eigenvalue weighted by Gasteiger charge is -2.19. The Labute approximate surface area is 175 Å². The van der Waals surface area contributed by atoms with Gasteiger partial charge in [0.1, 0.15) is 12.4 Å². The summed E-state index contributed by atoms with van der Waals surface area (Å²) in [4.78, 5) is 4.41. The van der Waals surface area contributed by atoms with Crippen molar-refractivity contribution in [2.24, 2.45) is 0 Å². The monoisotopic (exact) mass is 416 g/mol. The van der Waals surface area contributed by atoms with Crippen LogP contribution >= 0.6 is 11.8 Å². The van der Waals surface area contributed by atoms with E-state index < -0.39 is 0 Å². The van der Waals surface area contributed by atoms with Crippen LogP contribution in [0.1, 0.15) is 69.4 Å². The van der Waals surface area contributed by atoms with Gasteiger partial charge in [0.25, 0.3) is 0 Å². The Morgan fingerprint density at radius 3 is 2.59 bits per heavy atom. The normalized spacial score (nSPS) is 12.9. The van der Waals surface area contributed by atoms with Crippen LogP contribution in [0.25, 0.3) is 0 Å². The summed E-state index contributed by atoms with van der Waals surface area (Å²) in [6.45, 7) is 10.8. The molecule has 0 saturated heterocycles. The average molecular weight is 417 g/mol. The molecule has 2 aromatic heterocycles. The van der Waals surface area contributed by atoms with Crippen molar-refractivity contribution in [3.05, 3.63) is 47.4 Å². The second kappa shape index (κ2) is 8.86. The number of hydrogen-bond donors (Lipinski definition) is 1. The van der Waals surface area contributed by atoms with E-state index in [4.69, 9.17) is 15.1 Å². The Balaban J connectivity index is 1.60. The minimum absolute atomic E-state index is 0.0849. The molecule has 0 aliphatic heterocycles. The molecule has 3 aromatic rings. The maximum atomic E-state index is 6.15. The van der Waals surface area contributed by atoms with Gasteiger partial charge in [-0.15, -0.1) is 10.2 Å². The predicted molar refractivity (Wildman–Crippen MR) is 112 cm³/mol. The highest BCUT2D eigenvalue weighted by Gasteiger charge is 2.20. The zero-order chi connectivity index (χ0) is 21.0. The summed E-state index contributed by atoms with van der Waals surface area (Å²) in [5.41, 5.74) is 1.36. The maximum absolute atomic E-state index is 6.15. The minimum Gasteiger partial charge on any atom is -0.486 e. The summed E-state index contributed by atoms with van der Waals surface area (Å²) in [5.74, 6) is 8.72. The number of nitrogen functional groups attached to an aromatic ring is 1. The van der Waals surface area contributed by atoms with Gasteiger partial charge >= 0.3 is 0 Å². The Morgan fingerprint density at radius 1 is 1.21 bits per heavy atom. The van der Waals surface area contributed by atoms with E-state index in [0.29, 0.717) is 16.9 Å². The van der Waals surface area contributed by atoms with Gasteiger partial charge in [0.15, 0.2) is 11.6 Å². The van der Waals surface area contributed by atoms with Crippen LogP contribution in [0, 0.1) is 0 Å². The van der Waals surface area contributed by atoms with Gasteiger partial charge in [0.2, 0.25) is 11.0 Å². The van der Waals surface area contributed by atoms with Crippen LogP contribution in [0.4, 0.5) is 0 Å². The molecule has 0 bridgehead atoms. The van der Waals surface area contributed by atoms with Crippen LogP contribution in [0.15, 0.2) is 33.9 Å². The van der Waals surface area contributed by atoms with Gasteiger partial charge in [-0.2, -0.15) is 4.98 Å². The number of aryl methyl sites for hydroxylation is 1. The third kappa shape index (κ3) is 5.29. The highest BCUT2D eigenvalue weighted by Crippen LogP contribution is 2.32. The second-order valence-corrected chi connectivity index (χ2v) is 9.20. The van der Waals surface area contributed by atoms with E-state index in [0.717, 1.165) is 24.4 Å². The Hall–Kier alpha value is -2.55. The minimum atomic E-state index is -0.0849. The number of benzene rings is 1. The number of hydrogen-bond acceptors (Lipinski definition) is 8. The number of aromatic nitrogens is 5. The molecule has 29 heavy (non-hydrogen) atoms. The van der Waals surface area contributed by atoms with E-state index in [1.807, 2.05) is 19.1 Å². The number of rotatable bonds is 8. The molecule has 0 unspecified atom stereocenters. The highest BCUT2D eigenvalue weighted by molar-refractivity contribution is 7.99. The molecule has 2 heterocycles. The van der Waals surface area contributed by atoms with Crippen LogP contribution < -0.4 is 10.6 Å². The van der Waals surface area contributed by atoms with E-state index in [9.17, 15) is 0 Å². The van der Waals surface area contributed by atoms with Crippen LogP contribution in [0.3, 0.4) is 0 Å². The summed E-state index contributed by atoms with van der Waals surface area (Å²) in [5, 5.41) is 12.8. The van der Waals surface area contributed by atoms with Gasteiger partial charge in [0, 0.05) is 6.42 Å². The van der Waals surface area contributed by atoms with Crippen molar-refractivity contribution >= 4 is 11.8 Å². The lowest BCUT2D eigenvalue weighted by Crippen LogP contribution is -2.16. The van der Waals surface area contributed by atoms with Gasteiger partial charge in [-0.1, -0.05) is 56.7 Å². The topological polar surface area (TPSA) is 105 Å². The van der Waals surface area contributed by atoms with Gasteiger partial charge in [-0.25, -0.2) is 4.68 Å². The fraction of sp³-hybridized carbons (Fsp3) is 0.500. The highest BCUT2D eigenvalue weighted by atomic mass is 32.2. The van der Waals surface area contributed by atoms with Crippen molar-refractivity contribution in [2.75, 3.05) is 5.84 Å². The molecule has 0 radical (unpaired) electrons. The van der Waals surface area contributed by atoms with Crippen LogP contribution in [0.2, 0.25) is 0 Å². The molecule has 3 rings (SSSR count). The first-order valence-electron chi connectivity index (χ1n) is 9.69. The first-order chi connectivity index (χ1) is 13.8. The second-order valence-electron chi connectivity index (χ2n) is 7.89. The van der Waals surface area contributed by atoms with E-state index in [1.54, 1.807) is 0 Å². The third-order valence-corrected chi connectivity index (χ3v) is 5.46. The zero-order valence-electron chi connectivity index (χ0n) is 17.5. The van der Waals surface area contributed by atoms with E-state index in [-0.39, 0.29) is 17.3 Å². The van der Waals surface area contributed by atoms with Crippen molar-refractivity contribution in [1.82, 2.24) is 25.0 Å². The smallest absolute Gasteiger partial charge is 0.239 e. The van der Waals surface area contributed by atoms with Crippen molar-refractivity contribution in [3.8, 4) is 5.75 Å². The van der Waals surface area contributed by atoms with Crippen LogP contribution in [-0.4, -0.2) is 25.0 Å². The molecule has 0 fully saturated rings. The molecule has 9 heteroatoms. The van der Waals surface area contributed by atoms with Crippen LogP contribution in [-0.2, 0) is 18.4 Å². The summed E-state index contributed by atoms with van der Waals surface area (Å²) < 4.78 is 12.6. The number of thioether (sulfide) groups is 1. The molecule has 1 aromatic carbocycles. The lowest BCUT2D eigenvalue weighted by atomic mass is 9.87. The molecule has 0 spiro atoms. The fourth-order valence-corrected chi connectivity index (χ4v) is 3.47. The molecular weight excluding hydrogens is 388 g/mol. The maximum Gasteiger partial charge on any atom is 0.239 e. The van der Waals surface area contributed by atoms with Crippen molar-refractivity contribution in [3.63, 3.8) is 0 Å². The summed E-state index contributed by atoms with van der Waals surface area (Å²) in [6, 6.07) is 8.06. The van der Waals surface area contributed by atoms with Gasteiger partial charge in [-0.05, 0) is 36.5 Å². The number of ether oxygens (including phenoxy) is 1. The van der Waals surface area contributed by atoms with Crippen molar-refractivity contribution < 1.29 is 9.26 Å². The number of nitrogens with two attached hydrogens (primary N) is 1. The van der Waals surface area contributed by atoms with Gasteiger partial charge in [-0.3, -0.25) is 0 Å². The predicted octanol–water partition coefficient (Wildman–Crippen LogP) is 4.06. The Bertz CT molecular complexity index is 929. The standard InChI is InChI=1S/C20H28N6O2S/c1-6-7-16-22-18(28-25-16)13(2)29-19-24-23-17(26(19)21)12-27-15-10-8-14(9-11-15)20(3,4)5/h8-11,13H,6-7,12,21H2,1-5H3/t13-/m1/s1. The molecule has 1 atom stereocenters. The van der Waals surface area contributed by atoms with E-state index >= 15 is 0 Å². The van der Waals surface area contributed by atoms with Crippen LogP contribution in [0.5, 0.6) is 5.75 Å². The summed E-state index contributed by atoms with van der Waals surface area (Å²) in [6.07, 6.45) is 1.77. The molecule has 0 aliphatic carbocycles.